The third-order valence-electron chi connectivity index (χ3n) is 3.16. The predicted molar refractivity (Wildman–Crippen MR) is 73.2 cm³/mol. The van der Waals surface area contributed by atoms with E-state index in [2.05, 4.69) is 10.3 Å². The summed E-state index contributed by atoms with van der Waals surface area (Å²) < 4.78 is 5.31. The number of carbonyl (C=O) groups is 2. The number of primary amides is 1. The number of nitrogen functional groups attached to an aromatic ring is 1. The van der Waals surface area contributed by atoms with Gasteiger partial charge >= 0.3 is 0 Å². The molecule has 0 aliphatic carbocycles. The molecule has 1 aromatic rings. The maximum Gasteiger partial charge on any atom is 0.250 e. The van der Waals surface area contributed by atoms with Crippen molar-refractivity contribution in [3.63, 3.8) is 0 Å². The number of anilines is 2. The summed E-state index contributed by atoms with van der Waals surface area (Å²) in [5.74, 6) is -0.329. The van der Waals surface area contributed by atoms with Crippen molar-refractivity contribution in [1.82, 2.24) is 10.3 Å². The third-order valence-corrected chi connectivity index (χ3v) is 3.16. The van der Waals surface area contributed by atoms with Crippen LogP contribution < -0.4 is 21.7 Å². The Labute approximate surface area is 116 Å². The lowest BCUT2D eigenvalue weighted by Gasteiger charge is -2.35. The van der Waals surface area contributed by atoms with Crippen LogP contribution in [-0.4, -0.2) is 49.6 Å². The van der Waals surface area contributed by atoms with E-state index < -0.39 is 11.9 Å². The van der Waals surface area contributed by atoms with Gasteiger partial charge in [0, 0.05) is 13.6 Å². The van der Waals surface area contributed by atoms with E-state index in [1.54, 1.807) is 11.9 Å². The molecule has 0 aromatic carbocycles. The average molecular weight is 279 g/mol. The fourth-order valence-corrected chi connectivity index (χ4v) is 2.09. The van der Waals surface area contributed by atoms with E-state index in [0.717, 1.165) is 0 Å². The molecule has 20 heavy (non-hydrogen) atoms. The molecule has 0 radical (unpaired) electrons. The number of likely N-dealkylation sites (N-methyl/N-ethyl adjacent to an activating group) is 1. The SMILES string of the molecule is CNC(=O)C1COCCN1c1cc(C(N)=O)c(N)cn1. The lowest BCUT2D eigenvalue weighted by molar-refractivity contribution is -0.124. The maximum atomic E-state index is 11.9. The molecule has 8 nitrogen and oxygen atoms in total. The number of ether oxygens (including phenoxy) is 1. The lowest BCUT2D eigenvalue weighted by Crippen LogP contribution is -2.53. The fraction of sp³-hybridized carbons (Fsp3) is 0.417. The van der Waals surface area contributed by atoms with Crippen molar-refractivity contribution in [2.75, 3.05) is 37.4 Å². The third kappa shape index (κ3) is 2.64. The summed E-state index contributed by atoms with van der Waals surface area (Å²) in [6.07, 6.45) is 1.37. The highest BCUT2D eigenvalue weighted by Crippen LogP contribution is 2.21. The van der Waals surface area contributed by atoms with Gasteiger partial charge in [0.15, 0.2) is 0 Å². The summed E-state index contributed by atoms with van der Waals surface area (Å²) in [5, 5.41) is 2.58. The zero-order chi connectivity index (χ0) is 14.7. The van der Waals surface area contributed by atoms with Crippen LogP contribution in [0.4, 0.5) is 11.5 Å². The molecule has 2 heterocycles. The molecule has 5 N–H and O–H groups in total. The van der Waals surface area contributed by atoms with Crippen LogP contribution in [-0.2, 0) is 9.53 Å². The van der Waals surface area contributed by atoms with E-state index in [-0.39, 0.29) is 23.8 Å². The molecule has 1 unspecified atom stereocenters. The van der Waals surface area contributed by atoms with Gasteiger partial charge in [-0.3, -0.25) is 9.59 Å². The average Bonchev–Trinajstić information content (AvgIpc) is 2.46. The summed E-state index contributed by atoms with van der Waals surface area (Å²) >= 11 is 0. The van der Waals surface area contributed by atoms with Crippen LogP contribution in [0.5, 0.6) is 0 Å². The first kappa shape index (κ1) is 14.1. The number of aromatic nitrogens is 1. The van der Waals surface area contributed by atoms with Crippen molar-refractivity contribution >= 4 is 23.3 Å². The standard InChI is InChI=1S/C12H17N5O3/c1-15-12(19)9-6-20-3-2-17(9)10-4-7(11(14)18)8(13)5-16-10/h4-5,9H,2-3,6,13H2,1H3,(H2,14,18)(H,15,19). The first-order valence-electron chi connectivity index (χ1n) is 6.16. The Bertz CT molecular complexity index is 534. The number of morpholine rings is 1. The molecule has 1 aliphatic rings. The maximum absolute atomic E-state index is 11.9. The quantitative estimate of drug-likeness (QED) is 0.632. The monoisotopic (exact) mass is 279 g/mol. The minimum atomic E-state index is -0.629. The molecule has 1 atom stereocenters. The Balaban J connectivity index is 2.35. The Morgan fingerprint density at radius 3 is 2.95 bits per heavy atom. The molecule has 8 heteroatoms. The highest BCUT2D eigenvalue weighted by atomic mass is 16.5. The van der Waals surface area contributed by atoms with E-state index in [4.69, 9.17) is 16.2 Å². The van der Waals surface area contributed by atoms with Gasteiger partial charge in [-0.1, -0.05) is 0 Å². The van der Waals surface area contributed by atoms with Gasteiger partial charge in [0.25, 0.3) is 5.91 Å². The summed E-state index contributed by atoms with van der Waals surface area (Å²) in [6, 6.07) is 1.00. The molecule has 1 aromatic heterocycles. The van der Waals surface area contributed by atoms with Crippen LogP contribution in [0.2, 0.25) is 0 Å². The molecule has 1 fully saturated rings. The molecule has 0 spiro atoms. The van der Waals surface area contributed by atoms with Gasteiger partial charge in [-0.25, -0.2) is 4.98 Å². The Morgan fingerprint density at radius 1 is 1.55 bits per heavy atom. The van der Waals surface area contributed by atoms with Crippen LogP contribution in [0.25, 0.3) is 0 Å². The molecule has 0 saturated carbocycles. The summed E-state index contributed by atoms with van der Waals surface area (Å²) in [5.41, 5.74) is 11.3. The zero-order valence-electron chi connectivity index (χ0n) is 11.1. The number of hydrogen-bond acceptors (Lipinski definition) is 6. The van der Waals surface area contributed by atoms with Crippen molar-refractivity contribution in [1.29, 1.82) is 0 Å². The molecule has 1 aliphatic heterocycles. The highest BCUT2D eigenvalue weighted by Gasteiger charge is 2.30. The van der Waals surface area contributed by atoms with E-state index in [1.807, 2.05) is 0 Å². The van der Waals surface area contributed by atoms with Crippen molar-refractivity contribution in [3.8, 4) is 0 Å². The van der Waals surface area contributed by atoms with Crippen LogP contribution in [0, 0.1) is 0 Å². The largest absolute Gasteiger partial charge is 0.397 e. The first-order chi connectivity index (χ1) is 9.54. The van der Waals surface area contributed by atoms with Crippen molar-refractivity contribution in [2.24, 2.45) is 5.73 Å². The van der Waals surface area contributed by atoms with Gasteiger partial charge < -0.3 is 26.4 Å². The van der Waals surface area contributed by atoms with Gasteiger partial charge in [0.1, 0.15) is 11.9 Å². The summed E-state index contributed by atoms with van der Waals surface area (Å²) in [7, 11) is 1.56. The predicted octanol–water partition coefficient (Wildman–Crippen LogP) is -1.29. The second-order valence-electron chi connectivity index (χ2n) is 4.39. The van der Waals surface area contributed by atoms with Crippen LogP contribution in [0.15, 0.2) is 12.3 Å². The first-order valence-corrected chi connectivity index (χ1v) is 6.16. The molecule has 1 saturated heterocycles. The molecule has 2 amide bonds. The van der Waals surface area contributed by atoms with Crippen molar-refractivity contribution < 1.29 is 14.3 Å². The van der Waals surface area contributed by atoms with Gasteiger partial charge in [0.2, 0.25) is 5.91 Å². The molecule has 108 valence electrons. The van der Waals surface area contributed by atoms with E-state index in [9.17, 15) is 9.59 Å². The number of nitrogens with zero attached hydrogens (tertiary/aromatic N) is 2. The molecular weight excluding hydrogens is 262 g/mol. The number of pyridine rings is 1. The Morgan fingerprint density at radius 2 is 2.30 bits per heavy atom. The molecule has 0 bridgehead atoms. The number of hydrogen-bond donors (Lipinski definition) is 3. The summed E-state index contributed by atoms with van der Waals surface area (Å²) in [6.45, 7) is 1.23. The Hall–Kier alpha value is -2.35. The number of nitrogens with two attached hydrogens (primary N) is 2. The van der Waals surface area contributed by atoms with Crippen LogP contribution in [0.1, 0.15) is 10.4 Å². The van der Waals surface area contributed by atoms with Gasteiger partial charge in [0.05, 0.1) is 30.7 Å². The van der Waals surface area contributed by atoms with Crippen LogP contribution in [0.3, 0.4) is 0 Å². The second-order valence-corrected chi connectivity index (χ2v) is 4.39. The van der Waals surface area contributed by atoms with E-state index >= 15 is 0 Å². The lowest BCUT2D eigenvalue weighted by atomic mass is 10.1. The second kappa shape index (κ2) is 5.74. The van der Waals surface area contributed by atoms with Crippen molar-refractivity contribution in [2.45, 2.75) is 6.04 Å². The van der Waals surface area contributed by atoms with E-state index in [1.165, 1.54) is 12.3 Å². The molecule has 2 rings (SSSR count). The number of rotatable bonds is 3. The number of nitrogens with one attached hydrogen (secondary N) is 1. The van der Waals surface area contributed by atoms with Gasteiger partial charge in [-0.15, -0.1) is 0 Å². The highest BCUT2D eigenvalue weighted by molar-refractivity contribution is 5.98. The minimum absolute atomic E-state index is 0.177. The van der Waals surface area contributed by atoms with Gasteiger partial charge in [-0.05, 0) is 6.07 Å². The van der Waals surface area contributed by atoms with Gasteiger partial charge in [-0.2, -0.15) is 0 Å². The summed E-state index contributed by atoms with van der Waals surface area (Å²) in [4.78, 5) is 29.1. The molecular formula is C12H17N5O3. The topological polar surface area (TPSA) is 124 Å². The van der Waals surface area contributed by atoms with Crippen LogP contribution >= 0.6 is 0 Å². The Kier molecular flexibility index (Phi) is 4.04. The van der Waals surface area contributed by atoms with Crippen molar-refractivity contribution in [3.05, 3.63) is 17.8 Å². The number of amides is 2. The fourth-order valence-electron chi connectivity index (χ4n) is 2.09. The van der Waals surface area contributed by atoms with E-state index in [0.29, 0.717) is 19.0 Å². The normalized spacial score (nSPS) is 18.6. The zero-order valence-corrected chi connectivity index (χ0v) is 11.1. The number of carbonyl (C=O) groups excluding carboxylic acids is 2. The smallest absolute Gasteiger partial charge is 0.250 e. The minimum Gasteiger partial charge on any atom is -0.397 e.